The van der Waals surface area contributed by atoms with E-state index in [4.69, 9.17) is 5.53 Å². The van der Waals surface area contributed by atoms with Gasteiger partial charge < -0.3 is 0 Å². The number of benzene rings is 1. The van der Waals surface area contributed by atoms with E-state index >= 15 is 0 Å². The van der Waals surface area contributed by atoms with Crippen LogP contribution in [-0.2, 0) is 0 Å². The van der Waals surface area contributed by atoms with E-state index in [1.165, 1.54) is 0 Å². The van der Waals surface area contributed by atoms with Crippen LogP contribution in [-0.4, -0.2) is 4.92 Å². The lowest BCUT2D eigenvalue weighted by molar-refractivity contribution is -0.527. The fraction of sp³-hybridized carbons (Fsp3) is 0.143. The van der Waals surface area contributed by atoms with Crippen molar-refractivity contribution in [2.24, 2.45) is 5.11 Å². The number of rotatable bonds is 3. The van der Waals surface area contributed by atoms with Crippen molar-refractivity contribution in [1.29, 1.82) is 0 Å². The summed E-state index contributed by atoms with van der Waals surface area (Å²) in [5, 5.41) is 13.5. The molecular weight excluding hydrogens is 172 g/mol. The summed E-state index contributed by atoms with van der Waals surface area (Å²) in [7, 11) is 0. The van der Waals surface area contributed by atoms with Crippen LogP contribution >= 0.6 is 0 Å². The molecule has 13 heavy (non-hydrogen) atoms. The molecular formula is C7H6N4O2. The predicted molar refractivity (Wildman–Crippen MR) is 45.3 cm³/mol. The van der Waals surface area contributed by atoms with Gasteiger partial charge in [0.15, 0.2) is 0 Å². The lowest BCUT2D eigenvalue weighted by Gasteiger charge is -2.01. The Morgan fingerprint density at radius 1 is 1.46 bits per heavy atom. The molecule has 0 aliphatic heterocycles. The second kappa shape index (κ2) is 4.08. The molecule has 0 spiro atoms. The molecule has 1 aromatic carbocycles. The highest BCUT2D eigenvalue weighted by atomic mass is 16.6. The molecule has 0 aliphatic rings. The molecule has 1 atom stereocenters. The van der Waals surface area contributed by atoms with Gasteiger partial charge in [-0.25, -0.2) is 0 Å². The minimum absolute atomic E-state index is 0.380. The molecule has 0 bridgehead atoms. The second-order valence-corrected chi connectivity index (χ2v) is 2.27. The molecule has 0 N–H and O–H groups in total. The largest absolute Gasteiger partial charge is 0.317 e. The third-order valence-corrected chi connectivity index (χ3v) is 1.46. The number of azide groups is 1. The van der Waals surface area contributed by atoms with E-state index in [2.05, 4.69) is 10.0 Å². The average Bonchev–Trinajstić information content (AvgIpc) is 2.15. The Bertz CT molecular complexity index is 343. The van der Waals surface area contributed by atoms with Gasteiger partial charge in [-0.05, 0) is 10.6 Å². The molecule has 0 saturated carbocycles. The molecule has 6 heteroatoms. The molecule has 1 unspecified atom stereocenters. The van der Waals surface area contributed by atoms with E-state index in [0.29, 0.717) is 5.56 Å². The molecule has 0 heterocycles. The molecule has 1 rings (SSSR count). The first-order valence-corrected chi connectivity index (χ1v) is 3.48. The van der Waals surface area contributed by atoms with Gasteiger partial charge in [-0.3, -0.25) is 10.1 Å². The van der Waals surface area contributed by atoms with Crippen LogP contribution in [0.5, 0.6) is 0 Å². The van der Waals surface area contributed by atoms with Gasteiger partial charge in [0.1, 0.15) is 0 Å². The van der Waals surface area contributed by atoms with Gasteiger partial charge in [0.05, 0.1) is 0 Å². The lowest BCUT2D eigenvalue weighted by atomic mass is 10.2. The van der Waals surface area contributed by atoms with Crippen molar-refractivity contribution in [3.05, 3.63) is 56.5 Å². The Morgan fingerprint density at radius 2 is 2.08 bits per heavy atom. The average molecular weight is 178 g/mol. The molecule has 0 fully saturated rings. The minimum atomic E-state index is -1.33. The first-order valence-electron chi connectivity index (χ1n) is 3.48. The van der Waals surface area contributed by atoms with Crippen molar-refractivity contribution in [2.75, 3.05) is 0 Å². The third-order valence-electron chi connectivity index (χ3n) is 1.46. The van der Waals surface area contributed by atoms with E-state index in [1.807, 2.05) is 0 Å². The zero-order chi connectivity index (χ0) is 9.68. The van der Waals surface area contributed by atoms with Crippen LogP contribution in [0.2, 0.25) is 0 Å². The van der Waals surface area contributed by atoms with Crippen molar-refractivity contribution in [3.8, 4) is 0 Å². The highest BCUT2D eigenvalue weighted by Crippen LogP contribution is 2.17. The predicted octanol–water partition coefficient (Wildman–Crippen LogP) is 2.27. The van der Waals surface area contributed by atoms with Crippen molar-refractivity contribution >= 4 is 0 Å². The maximum Gasteiger partial charge on any atom is 0.317 e. The smallest absolute Gasteiger partial charge is 0.264 e. The van der Waals surface area contributed by atoms with Crippen molar-refractivity contribution in [3.63, 3.8) is 0 Å². The van der Waals surface area contributed by atoms with Crippen LogP contribution in [0.1, 0.15) is 11.7 Å². The van der Waals surface area contributed by atoms with Crippen LogP contribution in [0, 0.1) is 10.1 Å². The molecule has 0 amide bonds. The Hall–Kier alpha value is -2.07. The number of hydrogen-bond donors (Lipinski definition) is 0. The summed E-state index contributed by atoms with van der Waals surface area (Å²) in [6.45, 7) is 0. The van der Waals surface area contributed by atoms with Crippen molar-refractivity contribution < 1.29 is 4.92 Å². The number of hydrogen-bond acceptors (Lipinski definition) is 3. The maximum atomic E-state index is 10.4. The molecule has 0 saturated heterocycles. The molecule has 6 nitrogen and oxygen atoms in total. The van der Waals surface area contributed by atoms with Gasteiger partial charge >= 0.3 is 6.17 Å². The van der Waals surface area contributed by atoms with Crippen LogP contribution in [0.4, 0.5) is 0 Å². The Morgan fingerprint density at radius 3 is 2.54 bits per heavy atom. The summed E-state index contributed by atoms with van der Waals surface area (Å²) in [5.74, 6) is 0. The summed E-state index contributed by atoms with van der Waals surface area (Å²) < 4.78 is 0. The molecule has 0 aliphatic carbocycles. The fourth-order valence-electron chi connectivity index (χ4n) is 0.905. The van der Waals surface area contributed by atoms with Gasteiger partial charge in [0.25, 0.3) is 0 Å². The standard InChI is InChI=1S/C7H6N4O2/c8-10-9-7(11(12)13)6-4-2-1-3-5-6/h1-5,7H. The second-order valence-electron chi connectivity index (χ2n) is 2.27. The van der Waals surface area contributed by atoms with Crippen molar-refractivity contribution in [1.82, 2.24) is 0 Å². The lowest BCUT2D eigenvalue weighted by Crippen LogP contribution is -2.06. The van der Waals surface area contributed by atoms with Gasteiger partial charge in [-0.2, -0.15) is 0 Å². The Kier molecular flexibility index (Phi) is 2.83. The van der Waals surface area contributed by atoms with Crippen LogP contribution < -0.4 is 0 Å². The van der Waals surface area contributed by atoms with Crippen LogP contribution in [0.25, 0.3) is 10.4 Å². The maximum absolute atomic E-state index is 10.4. The zero-order valence-electron chi connectivity index (χ0n) is 6.57. The summed E-state index contributed by atoms with van der Waals surface area (Å²) >= 11 is 0. The Balaban J connectivity index is 3.02. The summed E-state index contributed by atoms with van der Waals surface area (Å²) in [5.41, 5.74) is 8.48. The quantitative estimate of drug-likeness (QED) is 0.233. The summed E-state index contributed by atoms with van der Waals surface area (Å²) in [4.78, 5) is 12.2. The highest BCUT2D eigenvalue weighted by molar-refractivity contribution is 5.16. The van der Waals surface area contributed by atoms with E-state index in [9.17, 15) is 10.1 Å². The SMILES string of the molecule is [N-]=[N+]=NC(c1ccccc1)[N+](=O)[O-]. The van der Waals surface area contributed by atoms with E-state index in [-0.39, 0.29) is 0 Å². The van der Waals surface area contributed by atoms with Crippen LogP contribution in [0.15, 0.2) is 35.4 Å². The van der Waals surface area contributed by atoms with E-state index in [1.54, 1.807) is 30.3 Å². The minimum Gasteiger partial charge on any atom is -0.264 e. The highest BCUT2D eigenvalue weighted by Gasteiger charge is 2.19. The summed E-state index contributed by atoms with van der Waals surface area (Å²) in [6, 6.07) is 8.12. The molecule has 66 valence electrons. The number of nitro groups is 1. The van der Waals surface area contributed by atoms with Crippen LogP contribution in [0.3, 0.4) is 0 Å². The topological polar surface area (TPSA) is 91.9 Å². The van der Waals surface area contributed by atoms with Gasteiger partial charge in [-0.1, -0.05) is 30.3 Å². The third kappa shape index (κ3) is 2.18. The van der Waals surface area contributed by atoms with Gasteiger partial charge in [0.2, 0.25) is 0 Å². The first-order chi connectivity index (χ1) is 6.25. The molecule has 0 aromatic heterocycles. The monoisotopic (exact) mass is 178 g/mol. The normalized spacial score (nSPS) is 11.4. The number of nitrogens with zero attached hydrogens (tertiary/aromatic N) is 4. The summed E-state index contributed by atoms with van der Waals surface area (Å²) in [6.07, 6.45) is -1.33. The van der Waals surface area contributed by atoms with Gasteiger partial charge in [0, 0.05) is 15.4 Å². The molecule has 1 aromatic rings. The molecule has 0 radical (unpaired) electrons. The van der Waals surface area contributed by atoms with Gasteiger partial charge in [-0.15, -0.1) is 0 Å². The zero-order valence-corrected chi connectivity index (χ0v) is 6.57. The van der Waals surface area contributed by atoms with Crippen molar-refractivity contribution in [2.45, 2.75) is 6.17 Å². The van der Waals surface area contributed by atoms with E-state index < -0.39 is 11.1 Å². The first kappa shape index (κ1) is 9.02. The van der Waals surface area contributed by atoms with E-state index in [0.717, 1.165) is 0 Å². The fourth-order valence-corrected chi connectivity index (χ4v) is 0.905. The Labute approximate surface area is 73.6 Å².